The predicted molar refractivity (Wildman–Crippen MR) is 107 cm³/mol. The summed E-state index contributed by atoms with van der Waals surface area (Å²) in [5.74, 6) is -2.27. The lowest BCUT2D eigenvalue weighted by molar-refractivity contribution is 0.314. The highest BCUT2D eigenvalue weighted by Gasteiger charge is 2.15. The van der Waals surface area contributed by atoms with Gasteiger partial charge in [-0.05, 0) is 54.7 Å². The number of halogens is 3. The Morgan fingerprint density at radius 3 is 2.18 bits per heavy atom. The van der Waals surface area contributed by atoms with Crippen LogP contribution in [0.3, 0.4) is 0 Å². The number of rotatable bonds is 7. The molecule has 0 radical (unpaired) electrons. The topological polar surface area (TPSA) is 9.23 Å². The molecular weight excluding hydrogens is 361 g/mol. The molecule has 0 saturated carbocycles. The maximum Gasteiger partial charge on any atom is 0.201 e. The summed E-state index contributed by atoms with van der Waals surface area (Å²) < 4.78 is 47.3. The van der Waals surface area contributed by atoms with Crippen LogP contribution in [0, 0.1) is 17.5 Å². The summed E-state index contributed by atoms with van der Waals surface area (Å²) in [7, 11) is 0. The Morgan fingerprint density at radius 1 is 0.857 bits per heavy atom. The van der Waals surface area contributed by atoms with Gasteiger partial charge in [0, 0.05) is 11.1 Å². The monoisotopic (exact) mass is 382 g/mol. The highest BCUT2D eigenvalue weighted by atomic mass is 19.2. The Balaban J connectivity index is 1.72. The first-order valence-corrected chi connectivity index (χ1v) is 9.14. The van der Waals surface area contributed by atoms with E-state index in [0.29, 0.717) is 24.0 Å². The van der Waals surface area contributed by atoms with Crippen molar-refractivity contribution in [3.05, 3.63) is 95.3 Å². The van der Waals surface area contributed by atoms with Crippen LogP contribution in [0.15, 0.2) is 61.2 Å². The lowest BCUT2D eigenvalue weighted by Crippen LogP contribution is -1.98. The van der Waals surface area contributed by atoms with Crippen LogP contribution in [0.4, 0.5) is 13.2 Å². The van der Waals surface area contributed by atoms with Gasteiger partial charge in [-0.2, -0.15) is 4.39 Å². The van der Waals surface area contributed by atoms with Crippen LogP contribution in [0.5, 0.6) is 5.75 Å². The van der Waals surface area contributed by atoms with Crippen molar-refractivity contribution in [2.75, 3.05) is 6.61 Å². The fraction of sp³-hybridized carbons (Fsp3) is 0.167. The molecule has 0 aliphatic rings. The molecule has 0 saturated heterocycles. The molecule has 1 nitrogen and oxygen atoms in total. The normalized spacial score (nSPS) is 10.7. The van der Waals surface area contributed by atoms with Gasteiger partial charge in [0.2, 0.25) is 5.82 Å². The third-order valence-electron chi connectivity index (χ3n) is 4.60. The highest BCUT2D eigenvalue weighted by molar-refractivity contribution is 5.65. The average molecular weight is 382 g/mol. The quantitative estimate of drug-likeness (QED) is 0.447. The van der Waals surface area contributed by atoms with Crippen molar-refractivity contribution in [3.8, 4) is 16.9 Å². The molecule has 28 heavy (non-hydrogen) atoms. The molecule has 0 N–H and O–H groups in total. The first-order valence-electron chi connectivity index (χ1n) is 9.14. The van der Waals surface area contributed by atoms with Gasteiger partial charge in [-0.3, -0.25) is 0 Å². The molecule has 144 valence electrons. The lowest BCUT2D eigenvalue weighted by Gasteiger charge is -2.10. The molecule has 4 heteroatoms. The molecule has 0 amide bonds. The molecule has 0 atom stereocenters. The Kier molecular flexibility index (Phi) is 6.19. The van der Waals surface area contributed by atoms with Crippen molar-refractivity contribution >= 4 is 6.08 Å². The van der Waals surface area contributed by atoms with Crippen molar-refractivity contribution in [2.24, 2.45) is 0 Å². The van der Waals surface area contributed by atoms with Crippen LogP contribution < -0.4 is 4.74 Å². The van der Waals surface area contributed by atoms with Crippen LogP contribution in [0.2, 0.25) is 0 Å². The number of hydrogen-bond acceptors (Lipinski definition) is 1. The van der Waals surface area contributed by atoms with Crippen LogP contribution in [-0.4, -0.2) is 6.61 Å². The third-order valence-corrected chi connectivity index (χ3v) is 4.60. The predicted octanol–water partition coefficient (Wildman–Crippen LogP) is 6.60. The fourth-order valence-electron chi connectivity index (χ4n) is 3.05. The molecule has 0 fully saturated rings. The van der Waals surface area contributed by atoms with Crippen molar-refractivity contribution < 1.29 is 17.9 Å². The molecule has 0 unspecified atom stereocenters. The van der Waals surface area contributed by atoms with Crippen LogP contribution in [0.25, 0.3) is 17.2 Å². The molecule has 0 spiro atoms. The minimum atomic E-state index is -0.978. The minimum Gasteiger partial charge on any atom is -0.491 e. The molecule has 0 aromatic heterocycles. The van der Waals surface area contributed by atoms with E-state index >= 15 is 0 Å². The Bertz CT molecular complexity index is 978. The summed E-state index contributed by atoms with van der Waals surface area (Å²) in [5.41, 5.74) is 3.19. The van der Waals surface area contributed by atoms with Gasteiger partial charge < -0.3 is 4.74 Å². The maximum absolute atomic E-state index is 14.3. The summed E-state index contributed by atoms with van der Waals surface area (Å²) in [5, 5.41) is 0. The summed E-state index contributed by atoms with van der Waals surface area (Å²) in [6, 6.07) is 15.3. The SMILES string of the molecule is C=Cc1ccc(CCc2ccc(-c3ccc(OCC)c(F)c3F)cc2)cc1F. The van der Waals surface area contributed by atoms with Gasteiger partial charge in [-0.25, -0.2) is 8.78 Å². The molecule has 3 aromatic carbocycles. The zero-order chi connectivity index (χ0) is 20.1. The van der Waals surface area contributed by atoms with Gasteiger partial charge in [0.1, 0.15) is 5.82 Å². The van der Waals surface area contributed by atoms with Gasteiger partial charge in [0.15, 0.2) is 11.6 Å². The Morgan fingerprint density at radius 2 is 1.54 bits per heavy atom. The maximum atomic E-state index is 14.3. The standard InChI is InChI=1S/C24H21F3O/c1-3-18-10-9-17(15-21(18)25)6-5-16-7-11-19(12-8-16)20-13-14-22(28-4-2)24(27)23(20)26/h3,7-15H,1,4-6H2,2H3. The lowest BCUT2D eigenvalue weighted by atomic mass is 9.99. The van der Waals surface area contributed by atoms with Crippen LogP contribution in [0.1, 0.15) is 23.6 Å². The second-order valence-corrected chi connectivity index (χ2v) is 6.43. The van der Waals surface area contributed by atoms with Crippen molar-refractivity contribution in [1.29, 1.82) is 0 Å². The van der Waals surface area contributed by atoms with E-state index in [1.807, 2.05) is 18.2 Å². The van der Waals surface area contributed by atoms with Crippen molar-refractivity contribution in [3.63, 3.8) is 0 Å². The van der Waals surface area contributed by atoms with E-state index in [-0.39, 0.29) is 23.7 Å². The minimum absolute atomic E-state index is 0.0879. The van der Waals surface area contributed by atoms with Gasteiger partial charge >= 0.3 is 0 Å². The van der Waals surface area contributed by atoms with Crippen molar-refractivity contribution in [1.82, 2.24) is 0 Å². The Labute approximate surface area is 163 Å². The third kappa shape index (κ3) is 4.28. The number of aryl methyl sites for hydroxylation is 2. The van der Waals surface area contributed by atoms with E-state index in [0.717, 1.165) is 11.1 Å². The number of hydrogen-bond donors (Lipinski definition) is 0. The van der Waals surface area contributed by atoms with Crippen molar-refractivity contribution in [2.45, 2.75) is 19.8 Å². The molecule has 3 rings (SSSR count). The number of ether oxygens (including phenoxy) is 1. The molecule has 3 aromatic rings. The van der Waals surface area contributed by atoms with E-state index in [1.165, 1.54) is 24.3 Å². The zero-order valence-electron chi connectivity index (χ0n) is 15.6. The van der Waals surface area contributed by atoms with E-state index in [1.54, 1.807) is 25.1 Å². The Hall–Kier alpha value is -3.01. The zero-order valence-corrected chi connectivity index (χ0v) is 15.6. The van der Waals surface area contributed by atoms with E-state index in [2.05, 4.69) is 6.58 Å². The van der Waals surface area contributed by atoms with Gasteiger partial charge in [0.25, 0.3) is 0 Å². The average Bonchev–Trinajstić information content (AvgIpc) is 2.71. The van der Waals surface area contributed by atoms with Gasteiger partial charge in [-0.1, -0.05) is 49.1 Å². The highest BCUT2D eigenvalue weighted by Crippen LogP contribution is 2.30. The van der Waals surface area contributed by atoms with E-state index in [9.17, 15) is 13.2 Å². The second kappa shape index (κ2) is 8.79. The fourth-order valence-corrected chi connectivity index (χ4v) is 3.05. The summed E-state index contributed by atoms with van der Waals surface area (Å²) in [4.78, 5) is 0. The second-order valence-electron chi connectivity index (χ2n) is 6.43. The van der Waals surface area contributed by atoms with Crippen LogP contribution >= 0.6 is 0 Å². The molecule has 0 aliphatic heterocycles. The first kappa shape index (κ1) is 19.7. The van der Waals surface area contributed by atoms with Crippen LogP contribution in [-0.2, 0) is 12.8 Å². The molecule has 0 bridgehead atoms. The smallest absolute Gasteiger partial charge is 0.201 e. The largest absolute Gasteiger partial charge is 0.491 e. The molecular formula is C24H21F3O. The summed E-state index contributed by atoms with van der Waals surface area (Å²) in [6.07, 6.45) is 2.88. The summed E-state index contributed by atoms with van der Waals surface area (Å²) >= 11 is 0. The summed E-state index contributed by atoms with van der Waals surface area (Å²) in [6.45, 7) is 5.56. The molecule has 0 heterocycles. The van der Waals surface area contributed by atoms with Gasteiger partial charge in [0.05, 0.1) is 6.61 Å². The molecule has 0 aliphatic carbocycles. The number of benzene rings is 3. The first-order chi connectivity index (χ1) is 13.5. The van der Waals surface area contributed by atoms with E-state index < -0.39 is 11.6 Å². The van der Waals surface area contributed by atoms with E-state index in [4.69, 9.17) is 4.74 Å². The van der Waals surface area contributed by atoms with Gasteiger partial charge in [-0.15, -0.1) is 0 Å².